The Kier molecular flexibility index (Phi) is 7.68. The molecular weight excluding hydrogens is 400 g/mol. The third kappa shape index (κ3) is 5.95. The van der Waals surface area contributed by atoms with Crippen LogP contribution in [0.1, 0.15) is 58.7 Å². The number of nitrogens with one attached hydrogen (secondary N) is 2. The number of benzene rings is 1. The van der Waals surface area contributed by atoms with Gasteiger partial charge in [-0.25, -0.2) is 9.78 Å². The number of hydrogen-bond acceptors (Lipinski definition) is 6. The van der Waals surface area contributed by atoms with E-state index in [4.69, 9.17) is 9.47 Å². The molecular formula is C22H30N4O3S. The van der Waals surface area contributed by atoms with Crippen LogP contribution in [0.2, 0.25) is 0 Å². The van der Waals surface area contributed by atoms with Crippen LogP contribution in [-0.4, -0.2) is 37.2 Å². The zero-order chi connectivity index (χ0) is 21.5. The van der Waals surface area contributed by atoms with Crippen LogP contribution in [0, 0.1) is 12.8 Å². The van der Waals surface area contributed by atoms with Gasteiger partial charge in [-0.2, -0.15) is 0 Å². The summed E-state index contributed by atoms with van der Waals surface area (Å²) in [5.41, 5.74) is 1.77. The maximum absolute atomic E-state index is 12.1. The van der Waals surface area contributed by atoms with E-state index in [9.17, 15) is 4.79 Å². The van der Waals surface area contributed by atoms with Crippen molar-refractivity contribution in [2.45, 2.75) is 46.2 Å². The molecule has 1 aliphatic carbocycles. The number of hydrogen-bond donors (Lipinski definition) is 2. The lowest BCUT2D eigenvalue weighted by atomic mass is 10.2. The molecule has 1 aliphatic rings. The second-order valence-electron chi connectivity index (χ2n) is 7.34. The Balaban J connectivity index is 1.58. The summed E-state index contributed by atoms with van der Waals surface area (Å²) in [4.78, 5) is 21.4. The van der Waals surface area contributed by atoms with Gasteiger partial charge in [0, 0.05) is 19.2 Å². The van der Waals surface area contributed by atoms with Crippen molar-refractivity contribution >= 4 is 23.3 Å². The van der Waals surface area contributed by atoms with Crippen molar-refractivity contribution in [1.82, 2.24) is 15.6 Å². The summed E-state index contributed by atoms with van der Waals surface area (Å²) in [7, 11) is 1.73. The monoisotopic (exact) mass is 430 g/mol. The standard InChI is InChI=1S/C22H30N4O3S/c1-5-28-21(27)19-14(2)25-20(30-19)15(3)26-22(23-4)24-12-17-8-6-7-9-18(17)29-13-16-10-11-16/h6-9,15-16H,5,10-13H2,1-4H3,(H2,23,24,26). The minimum absolute atomic E-state index is 0.107. The zero-order valence-corrected chi connectivity index (χ0v) is 18.8. The highest BCUT2D eigenvalue weighted by Crippen LogP contribution is 2.30. The van der Waals surface area contributed by atoms with E-state index in [1.807, 2.05) is 32.0 Å². The molecule has 1 aromatic heterocycles. The number of nitrogens with zero attached hydrogens (tertiary/aromatic N) is 2. The molecule has 0 radical (unpaired) electrons. The van der Waals surface area contributed by atoms with Gasteiger partial charge in [0.2, 0.25) is 0 Å². The molecule has 8 heteroatoms. The number of aryl methyl sites for hydroxylation is 1. The lowest BCUT2D eigenvalue weighted by molar-refractivity contribution is 0.0531. The normalized spacial score (nSPS) is 14.9. The van der Waals surface area contributed by atoms with Gasteiger partial charge in [-0.1, -0.05) is 18.2 Å². The fraction of sp³-hybridized carbons (Fsp3) is 0.500. The predicted molar refractivity (Wildman–Crippen MR) is 119 cm³/mol. The highest BCUT2D eigenvalue weighted by Gasteiger charge is 2.22. The van der Waals surface area contributed by atoms with Gasteiger partial charge in [-0.3, -0.25) is 4.99 Å². The Bertz CT molecular complexity index is 892. The molecule has 1 aromatic carbocycles. The molecule has 7 nitrogen and oxygen atoms in total. The maximum Gasteiger partial charge on any atom is 0.350 e. The smallest absolute Gasteiger partial charge is 0.350 e. The second kappa shape index (κ2) is 10.4. The van der Waals surface area contributed by atoms with E-state index in [1.165, 1.54) is 24.2 Å². The van der Waals surface area contributed by atoms with E-state index in [1.54, 1.807) is 14.0 Å². The Morgan fingerprint density at radius 1 is 1.37 bits per heavy atom. The van der Waals surface area contributed by atoms with Crippen LogP contribution in [0.5, 0.6) is 5.75 Å². The van der Waals surface area contributed by atoms with Crippen LogP contribution in [0.4, 0.5) is 0 Å². The van der Waals surface area contributed by atoms with E-state index in [0.29, 0.717) is 35.6 Å². The summed E-state index contributed by atoms with van der Waals surface area (Å²) in [6.45, 7) is 7.34. The molecule has 3 rings (SSSR count). The van der Waals surface area contributed by atoms with Gasteiger partial charge in [0.15, 0.2) is 5.96 Å². The first kappa shape index (κ1) is 22.1. The Morgan fingerprint density at radius 2 is 2.13 bits per heavy atom. The van der Waals surface area contributed by atoms with E-state index in [-0.39, 0.29) is 12.0 Å². The Hall–Kier alpha value is -2.61. The quantitative estimate of drug-likeness (QED) is 0.357. The molecule has 2 aromatic rings. The highest BCUT2D eigenvalue weighted by atomic mass is 32.1. The van der Waals surface area contributed by atoms with Gasteiger partial charge in [-0.15, -0.1) is 11.3 Å². The first-order valence-corrected chi connectivity index (χ1v) is 11.2. The first-order valence-electron chi connectivity index (χ1n) is 10.3. The summed E-state index contributed by atoms with van der Waals surface area (Å²) in [6.07, 6.45) is 2.53. The number of guanidine groups is 1. The van der Waals surface area contributed by atoms with Gasteiger partial charge < -0.3 is 20.1 Å². The molecule has 1 fully saturated rings. The molecule has 1 heterocycles. The molecule has 1 atom stereocenters. The predicted octanol–water partition coefficient (Wildman–Crippen LogP) is 3.84. The third-order valence-electron chi connectivity index (χ3n) is 4.81. The van der Waals surface area contributed by atoms with Crippen LogP contribution in [0.3, 0.4) is 0 Å². The molecule has 162 valence electrons. The number of aliphatic imine (C=N–C) groups is 1. The molecule has 0 amide bonds. The molecule has 0 bridgehead atoms. The van der Waals surface area contributed by atoms with E-state index < -0.39 is 0 Å². The summed E-state index contributed by atoms with van der Waals surface area (Å²) < 4.78 is 11.1. The van der Waals surface area contributed by atoms with Crippen molar-refractivity contribution in [1.29, 1.82) is 0 Å². The number of esters is 1. The van der Waals surface area contributed by atoms with Gasteiger partial charge >= 0.3 is 5.97 Å². The summed E-state index contributed by atoms with van der Waals surface area (Å²) in [6, 6.07) is 7.96. The lowest BCUT2D eigenvalue weighted by Crippen LogP contribution is -2.38. The summed E-state index contributed by atoms with van der Waals surface area (Å²) in [5, 5.41) is 7.49. The number of rotatable bonds is 9. The molecule has 1 saturated carbocycles. The van der Waals surface area contributed by atoms with Crippen LogP contribution >= 0.6 is 11.3 Å². The van der Waals surface area contributed by atoms with Gasteiger partial charge in [0.25, 0.3) is 0 Å². The highest BCUT2D eigenvalue weighted by molar-refractivity contribution is 7.13. The van der Waals surface area contributed by atoms with E-state index in [0.717, 1.165) is 22.9 Å². The fourth-order valence-corrected chi connectivity index (χ4v) is 3.87. The SMILES string of the molecule is CCOC(=O)c1sc(C(C)NC(=NC)NCc2ccccc2OCC2CC2)nc1C. The van der Waals surface area contributed by atoms with Crippen LogP contribution in [-0.2, 0) is 11.3 Å². The van der Waals surface area contributed by atoms with Crippen molar-refractivity contribution in [2.75, 3.05) is 20.3 Å². The minimum atomic E-state index is -0.323. The van der Waals surface area contributed by atoms with Crippen molar-refractivity contribution in [3.05, 3.63) is 45.4 Å². The van der Waals surface area contributed by atoms with Crippen LogP contribution in [0.25, 0.3) is 0 Å². The van der Waals surface area contributed by atoms with Crippen molar-refractivity contribution in [3.8, 4) is 5.75 Å². The average Bonchev–Trinajstić information content (AvgIpc) is 3.49. The maximum atomic E-state index is 12.1. The summed E-state index contributed by atoms with van der Waals surface area (Å²) in [5.74, 6) is 1.96. The number of carbonyl (C=O) groups is 1. The molecule has 2 N–H and O–H groups in total. The lowest BCUT2D eigenvalue weighted by Gasteiger charge is -2.17. The van der Waals surface area contributed by atoms with Gasteiger partial charge in [-0.05, 0) is 45.6 Å². The van der Waals surface area contributed by atoms with Crippen LogP contribution < -0.4 is 15.4 Å². The zero-order valence-electron chi connectivity index (χ0n) is 18.0. The van der Waals surface area contributed by atoms with Gasteiger partial charge in [0.1, 0.15) is 15.6 Å². The number of para-hydroxylation sites is 1. The van der Waals surface area contributed by atoms with Crippen molar-refractivity contribution < 1.29 is 14.3 Å². The number of aromatic nitrogens is 1. The Labute approximate surface area is 181 Å². The average molecular weight is 431 g/mol. The summed E-state index contributed by atoms with van der Waals surface area (Å²) >= 11 is 1.35. The third-order valence-corrected chi connectivity index (χ3v) is 6.13. The topological polar surface area (TPSA) is 84.8 Å². The second-order valence-corrected chi connectivity index (χ2v) is 8.37. The molecule has 0 saturated heterocycles. The van der Waals surface area contributed by atoms with E-state index >= 15 is 0 Å². The number of carbonyl (C=O) groups excluding carboxylic acids is 1. The van der Waals surface area contributed by atoms with Crippen molar-refractivity contribution in [3.63, 3.8) is 0 Å². The molecule has 0 spiro atoms. The minimum Gasteiger partial charge on any atom is -0.493 e. The fourth-order valence-electron chi connectivity index (χ4n) is 2.91. The molecule has 30 heavy (non-hydrogen) atoms. The Morgan fingerprint density at radius 3 is 2.83 bits per heavy atom. The van der Waals surface area contributed by atoms with Crippen molar-refractivity contribution in [2.24, 2.45) is 10.9 Å². The molecule has 0 aliphatic heterocycles. The largest absolute Gasteiger partial charge is 0.493 e. The van der Waals surface area contributed by atoms with E-state index in [2.05, 4.69) is 26.7 Å². The van der Waals surface area contributed by atoms with Gasteiger partial charge in [0.05, 0.1) is 24.9 Å². The molecule has 1 unspecified atom stereocenters. The first-order chi connectivity index (χ1) is 14.5. The number of ether oxygens (including phenoxy) is 2. The number of thiazole rings is 1. The van der Waals surface area contributed by atoms with Crippen LogP contribution in [0.15, 0.2) is 29.3 Å².